The molecule has 0 spiro atoms. The quantitative estimate of drug-likeness (QED) is 0.287. The molecule has 0 unspecified atom stereocenters. The molecule has 2 aromatic carbocycles. The number of rotatable bonds is 6. The van der Waals surface area contributed by atoms with Gasteiger partial charge in [-0.15, -0.1) is 0 Å². The Kier molecular flexibility index (Phi) is 7.53. The first-order valence-corrected chi connectivity index (χ1v) is 12.8. The van der Waals surface area contributed by atoms with Crippen molar-refractivity contribution in [2.75, 3.05) is 0 Å². The molecule has 0 radical (unpaired) electrons. The van der Waals surface area contributed by atoms with Crippen LogP contribution in [0.1, 0.15) is 113 Å². The molecule has 3 heteroatoms. The number of imidazole rings is 1. The summed E-state index contributed by atoms with van der Waals surface area (Å²) in [6.45, 7) is 22.9. The zero-order valence-electron chi connectivity index (χ0n) is 21.5. The van der Waals surface area contributed by atoms with Crippen molar-refractivity contribution < 1.29 is 18.7 Å². The van der Waals surface area contributed by atoms with Crippen molar-refractivity contribution in [1.82, 2.24) is 9.13 Å². The van der Waals surface area contributed by atoms with Crippen LogP contribution in [0, 0.1) is 17.7 Å². The summed E-state index contributed by atoms with van der Waals surface area (Å²) < 4.78 is 6.06. The molecule has 0 atom stereocenters. The molecule has 0 aliphatic rings. The fraction of sp³-hybridized carbons (Fsp3) is 0.483. The summed E-state index contributed by atoms with van der Waals surface area (Å²) in [5, 5.41) is 0. The van der Waals surface area contributed by atoms with E-state index in [9.17, 15) is 0 Å². The van der Waals surface area contributed by atoms with Crippen LogP contribution in [0.15, 0.2) is 36.4 Å². The molecule has 0 amide bonds. The third-order valence-electron chi connectivity index (χ3n) is 6.67. The summed E-state index contributed by atoms with van der Waals surface area (Å²) in [7, 11) is 0. The van der Waals surface area contributed by atoms with E-state index < -0.39 is 0 Å². The van der Waals surface area contributed by atoms with Gasteiger partial charge in [-0.2, -0.15) is 0 Å². The summed E-state index contributed by atoms with van der Waals surface area (Å²) in [6.07, 6.45) is 0. The van der Waals surface area contributed by atoms with Gasteiger partial charge in [0.25, 0.3) is 0 Å². The van der Waals surface area contributed by atoms with Gasteiger partial charge in [0.1, 0.15) is 0 Å². The van der Waals surface area contributed by atoms with Gasteiger partial charge in [0.05, 0.1) is 0 Å². The molecule has 2 nitrogen and oxygen atoms in total. The van der Waals surface area contributed by atoms with Crippen LogP contribution in [-0.4, -0.2) is 9.13 Å². The van der Waals surface area contributed by atoms with Gasteiger partial charge in [0.15, 0.2) is 0 Å². The van der Waals surface area contributed by atoms with Gasteiger partial charge >= 0.3 is 206 Å². The third kappa shape index (κ3) is 4.27. The minimum absolute atomic E-state index is 0.449. The van der Waals surface area contributed by atoms with E-state index in [1.165, 1.54) is 45.0 Å². The van der Waals surface area contributed by atoms with Crippen LogP contribution < -0.4 is 0 Å². The van der Waals surface area contributed by atoms with Gasteiger partial charge in [-0.05, 0) is 0 Å². The number of nitrogens with zero attached hydrogens (tertiary/aromatic N) is 2. The van der Waals surface area contributed by atoms with Crippen molar-refractivity contribution in [3.05, 3.63) is 73.9 Å². The Hall–Kier alpha value is -1.69. The van der Waals surface area contributed by atoms with Crippen molar-refractivity contribution in [2.24, 2.45) is 0 Å². The van der Waals surface area contributed by atoms with E-state index in [2.05, 4.69) is 134 Å². The predicted octanol–water partition coefficient (Wildman–Crippen LogP) is 8.46. The Morgan fingerprint density at radius 2 is 0.781 bits per heavy atom. The molecule has 176 valence electrons. The second-order valence-corrected chi connectivity index (χ2v) is 11.0. The van der Waals surface area contributed by atoms with Crippen LogP contribution in [0.3, 0.4) is 0 Å². The Bertz CT molecular complexity index is 1030. The first kappa shape index (κ1) is 24.9. The molecular formula is C29H40N2Pd. The molecular weight excluding hydrogens is 483 g/mol. The Balaban J connectivity index is 2.48. The Morgan fingerprint density at radius 1 is 0.531 bits per heavy atom. The van der Waals surface area contributed by atoms with Crippen molar-refractivity contribution in [2.45, 2.75) is 92.9 Å². The number of benzene rings is 2. The van der Waals surface area contributed by atoms with Gasteiger partial charge in [-0.3, -0.25) is 0 Å². The molecule has 0 saturated carbocycles. The molecule has 1 aromatic heterocycles. The zero-order valence-corrected chi connectivity index (χ0v) is 23.0. The van der Waals surface area contributed by atoms with Crippen LogP contribution in [0.4, 0.5) is 0 Å². The summed E-state index contributed by atoms with van der Waals surface area (Å²) in [5.74, 6) is 1.80. The van der Waals surface area contributed by atoms with Crippen LogP contribution >= 0.6 is 0 Å². The van der Waals surface area contributed by atoms with Crippen LogP contribution in [0.2, 0.25) is 0 Å². The summed E-state index contributed by atoms with van der Waals surface area (Å²) in [6, 6.07) is 13.6. The molecule has 32 heavy (non-hydrogen) atoms. The zero-order chi connectivity index (χ0) is 23.9. The van der Waals surface area contributed by atoms with Crippen molar-refractivity contribution in [1.29, 1.82) is 0 Å². The number of hydrogen-bond donors (Lipinski definition) is 0. The van der Waals surface area contributed by atoms with Crippen molar-refractivity contribution in [3.8, 4) is 11.4 Å². The van der Waals surface area contributed by atoms with E-state index in [0.29, 0.717) is 23.7 Å². The maximum absolute atomic E-state index is 3.73. The van der Waals surface area contributed by atoms with Crippen LogP contribution in [0.5, 0.6) is 0 Å². The summed E-state index contributed by atoms with van der Waals surface area (Å²) in [4.78, 5) is 0. The molecule has 0 saturated heterocycles. The standard InChI is InChI=1S/C29H40N2.Pd/c1-18(2)24-13-11-14-25(19(3)4)28(24)30-17-31(23(10)22(30)9)29-26(20(5)6)15-12-16-27(29)21(7)8;/h11-16,18-21H,1-10H3;. The minimum atomic E-state index is 0.449. The number of hydrogen-bond acceptors (Lipinski definition) is 0. The first-order valence-electron chi connectivity index (χ1n) is 12.0. The van der Waals surface area contributed by atoms with Crippen molar-refractivity contribution >= 4 is 0 Å². The number of aromatic nitrogens is 2. The number of para-hydroxylation sites is 2. The summed E-state index contributed by atoms with van der Waals surface area (Å²) >= 11 is 3.73. The van der Waals surface area contributed by atoms with Gasteiger partial charge in [-0.25, -0.2) is 0 Å². The van der Waals surface area contributed by atoms with E-state index >= 15 is 0 Å². The Morgan fingerprint density at radius 3 is 1.00 bits per heavy atom. The third-order valence-corrected chi connectivity index (χ3v) is 7.36. The van der Waals surface area contributed by atoms with E-state index in [4.69, 9.17) is 0 Å². The average molecular weight is 523 g/mol. The molecule has 0 fully saturated rings. The van der Waals surface area contributed by atoms with Crippen LogP contribution in [-0.2, 0) is 18.7 Å². The molecule has 3 rings (SSSR count). The van der Waals surface area contributed by atoms with Gasteiger partial charge in [-0.1, -0.05) is 0 Å². The monoisotopic (exact) mass is 522 g/mol. The van der Waals surface area contributed by atoms with E-state index in [1.807, 2.05) is 0 Å². The maximum atomic E-state index is 3.73. The van der Waals surface area contributed by atoms with E-state index in [0.717, 1.165) is 3.89 Å². The van der Waals surface area contributed by atoms with Crippen LogP contribution in [0.25, 0.3) is 11.4 Å². The first-order chi connectivity index (χ1) is 15.0. The van der Waals surface area contributed by atoms with Crippen molar-refractivity contribution in [3.63, 3.8) is 0 Å². The molecule has 0 bridgehead atoms. The predicted molar refractivity (Wildman–Crippen MR) is 134 cm³/mol. The SMILES string of the molecule is Cc1c(C)n(-c2c(C(C)C)cccc2C(C)C)[c](=[Pd])n1-c1c(C(C)C)cccc1C(C)C. The molecule has 0 aliphatic heterocycles. The topological polar surface area (TPSA) is 9.86 Å². The fourth-order valence-electron chi connectivity index (χ4n) is 4.73. The van der Waals surface area contributed by atoms with Gasteiger partial charge in [0.2, 0.25) is 0 Å². The molecule has 1 heterocycles. The van der Waals surface area contributed by atoms with Gasteiger partial charge in [0, 0.05) is 0 Å². The van der Waals surface area contributed by atoms with E-state index in [-0.39, 0.29) is 0 Å². The molecule has 0 N–H and O–H groups in total. The van der Waals surface area contributed by atoms with Gasteiger partial charge < -0.3 is 0 Å². The second-order valence-electron chi connectivity index (χ2n) is 10.3. The Labute approximate surface area is 205 Å². The molecule has 3 aromatic rings. The summed E-state index contributed by atoms with van der Waals surface area (Å²) in [5.41, 5.74) is 10.8. The second kappa shape index (κ2) is 9.66. The van der Waals surface area contributed by atoms with E-state index in [1.54, 1.807) is 0 Å². The molecule has 0 aliphatic carbocycles. The normalized spacial score (nSPS) is 12.1. The fourth-order valence-corrected chi connectivity index (χ4v) is 5.59. The average Bonchev–Trinajstić information content (AvgIpc) is 2.94.